The van der Waals surface area contributed by atoms with E-state index in [1.165, 1.54) is 0 Å². The van der Waals surface area contributed by atoms with Crippen molar-refractivity contribution >= 4 is 15.9 Å². The van der Waals surface area contributed by atoms with Crippen molar-refractivity contribution in [3.8, 4) is 0 Å². The number of rotatable bonds is 2. The summed E-state index contributed by atoms with van der Waals surface area (Å²) in [6.45, 7) is 0. The van der Waals surface area contributed by atoms with E-state index in [9.17, 15) is 13.2 Å². The maximum atomic E-state index is 12.5. The number of carbonyl (C=O) groups excluding carboxylic acids is 1. The second-order valence-electron chi connectivity index (χ2n) is 4.97. The zero-order chi connectivity index (χ0) is 12.8. The number of benzene rings is 1. The van der Waals surface area contributed by atoms with E-state index >= 15 is 0 Å². The van der Waals surface area contributed by atoms with Crippen LogP contribution in [-0.4, -0.2) is 24.7 Å². The van der Waals surface area contributed by atoms with E-state index in [1.807, 2.05) is 0 Å². The topological polar surface area (TPSA) is 54.5 Å². The van der Waals surface area contributed by atoms with Crippen LogP contribution in [0.2, 0.25) is 0 Å². The summed E-state index contributed by atoms with van der Waals surface area (Å²) in [7, 11) is -3.66. The zero-order valence-corrected chi connectivity index (χ0v) is 10.8. The quantitative estimate of drug-likeness (QED) is 0.819. The molecule has 1 aliphatic heterocycles. The molecule has 0 bridgehead atoms. The smallest absolute Gasteiger partial charge is 0.266 e. The Morgan fingerprint density at radius 1 is 1.11 bits per heavy atom. The molecular weight excluding hydrogens is 250 g/mol. The number of amides is 1. The Bertz CT molecular complexity index is 567. The molecule has 1 saturated carbocycles. The van der Waals surface area contributed by atoms with Gasteiger partial charge in [0, 0.05) is 6.42 Å². The van der Waals surface area contributed by atoms with Crippen molar-refractivity contribution in [1.29, 1.82) is 0 Å². The predicted octanol–water partition coefficient (Wildman–Crippen LogP) is 1.78. The van der Waals surface area contributed by atoms with Crippen LogP contribution in [0.15, 0.2) is 35.2 Å². The largest absolute Gasteiger partial charge is 0.274 e. The highest BCUT2D eigenvalue weighted by molar-refractivity contribution is 7.89. The lowest BCUT2D eigenvalue weighted by Crippen LogP contribution is -2.38. The number of carbonyl (C=O) groups is 1. The lowest BCUT2D eigenvalue weighted by molar-refractivity contribution is -0.124. The first kappa shape index (κ1) is 11.7. The van der Waals surface area contributed by atoms with Crippen molar-refractivity contribution in [2.45, 2.75) is 36.6 Å². The Morgan fingerprint density at radius 2 is 1.83 bits per heavy atom. The third kappa shape index (κ3) is 1.65. The molecule has 2 atom stereocenters. The fourth-order valence-electron chi connectivity index (χ4n) is 3.08. The van der Waals surface area contributed by atoms with Crippen molar-refractivity contribution in [1.82, 2.24) is 4.31 Å². The highest BCUT2D eigenvalue weighted by Crippen LogP contribution is 2.41. The minimum atomic E-state index is -3.66. The van der Waals surface area contributed by atoms with Crippen molar-refractivity contribution < 1.29 is 13.2 Å². The molecule has 18 heavy (non-hydrogen) atoms. The Kier molecular flexibility index (Phi) is 2.66. The fraction of sp³-hybridized carbons (Fsp3) is 0.462. The third-order valence-corrected chi connectivity index (χ3v) is 5.76. The molecule has 1 aliphatic carbocycles. The van der Waals surface area contributed by atoms with Gasteiger partial charge >= 0.3 is 0 Å². The van der Waals surface area contributed by atoms with Crippen LogP contribution in [0.4, 0.5) is 0 Å². The molecular formula is C13H15NO3S. The minimum absolute atomic E-state index is 0.109. The molecule has 2 fully saturated rings. The average molecular weight is 265 g/mol. The number of sulfonamides is 1. The van der Waals surface area contributed by atoms with Gasteiger partial charge in [-0.1, -0.05) is 24.6 Å². The molecule has 1 aromatic carbocycles. The standard InChI is InChI=1S/C13H15NO3S/c15-13-9-10-5-4-8-12(10)14(13)18(16,17)11-6-2-1-3-7-11/h1-3,6-7,10,12H,4-5,8-9H2. The first-order chi connectivity index (χ1) is 8.60. The summed E-state index contributed by atoms with van der Waals surface area (Å²) in [6.07, 6.45) is 3.18. The summed E-state index contributed by atoms with van der Waals surface area (Å²) >= 11 is 0. The zero-order valence-electron chi connectivity index (χ0n) is 9.95. The molecule has 1 heterocycles. The van der Waals surface area contributed by atoms with Gasteiger partial charge in [-0.15, -0.1) is 0 Å². The Labute approximate surface area is 107 Å². The van der Waals surface area contributed by atoms with Gasteiger partial charge in [-0.2, -0.15) is 0 Å². The summed E-state index contributed by atoms with van der Waals surface area (Å²) in [5.74, 6) is -0.00968. The van der Waals surface area contributed by atoms with E-state index in [0.29, 0.717) is 6.42 Å². The highest BCUT2D eigenvalue weighted by Gasteiger charge is 2.48. The van der Waals surface area contributed by atoms with E-state index in [0.717, 1.165) is 23.6 Å². The SMILES string of the molecule is O=C1CC2CCCC2N1S(=O)(=O)c1ccccc1. The van der Waals surface area contributed by atoms with Gasteiger partial charge in [-0.25, -0.2) is 12.7 Å². The molecule has 2 unspecified atom stereocenters. The molecule has 2 aliphatic rings. The van der Waals surface area contributed by atoms with Crippen LogP contribution in [0, 0.1) is 5.92 Å². The van der Waals surface area contributed by atoms with Gasteiger partial charge in [0.2, 0.25) is 5.91 Å². The molecule has 0 aromatic heterocycles. The van der Waals surface area contributed by atoms with Gasteiger partial charge in [0.25, 0.3) is 10.0 Å². The van der Waals surface area contributed by atoms with E-state index in [2.05, 4.69) is 0 Å². The maximum absolute atomic E-state index is 12.5. The first-order valence-corrected chi connectivity index (χ1v) is 7.67. The van der Waals surface area contributed by atoms with Gasteiger partial charge in [0.1, 0.15) is 0 Å². The van der Waals surface area contributed by atoms with Crippen LogP contribution in [0.3, 0.4) is 0 Å². The summed E-state index contributed by atoms with van der Waals surface area (Å²) in [5.41, 5.74) is 0. The lowest BCUT2D eigenvalue weighted by Gasteiger charge is -2.23. The summed E-state index contributed by atoms with van der Waals surface area (Å²) in [6, 6.07) is 8.11. The summed E-state index contributed by atoms with van der Waals surface area (Å²) in [5, 5.41) is 0. The normalized spacial score (nSPS) is 27.6. The number of hydrogen-bond donors (Lipinski definition) is 0. The van der Waals surface area contributed by atoms with Crippen LogP contribution < -0.4 is 0 Å². The Balaban J connectivity index is 2.01. The molecule has 3 rings (SSSR count). The third-order valence-electron chi connectivity index (χ3n) is 3.90. The molecule has 1 aromatic rings. The maximum Gasteiger partial charge on any atom is 0.266 e. The van der Waals surface area contributed by atoms with Crippen LogP contribution in [0.25, 0.3) is 0 Å². The Hall–Kier alpha value is -1.36. The Morgan fingerprint density at radius 3 is 2.56 bits per heavy atom. The number of hydrogen-bond acceptors (Lipinski definition) is 3. The van der Waals surface area contributed by atoms with Gasteiger partial charge in [-0.3, -0.25) is 4.79 Å². The summed E-state index contributed by atoms with van der Waals surface area (Å²) in [4.78, 5) is 12.2. The monoisotopic (exact) mass is 265 g/mol. The van der Waals surface area contributed by atoms with Crippen molar-refractivity contribution in [2.24, 2.45) is 5.92 Å². The molecule has 96 valence electrons. The lowest BCUT2D eigenvalue weighted by atomic mass is 10.1. The van der Waals surface area contributed by atoms with Crippen LogP contribution in [0.5, 0.6) is 0 Å². The minimum Gasteiger partial charge on any atom is -0.274 e. The molecule has 4 nitrogen and oxygen atoms in total. The summed E-state index contributed by atoms with van der Waals surface area (Å²) < 4.78 is 26.1. The molecule has 0 radical (unpaired) electrons. The van der Waals surface area contributed by atoms with Crippen LogP contribution in [-0.2, 0) is 14.8 Å². The van der Waals surface area contributed by atoms with Crippen molar-refractivity contribution in [3.05, 3.63) is 30.3 Å². The molecule has 1 saturated heterocycles. The first-order valence-electron chi connectivity index (χ1n) is 6.23. The molecule has 0 N–H and O–H groups in total. The molecule has 5 heteroatoms. The van der Waals surface area contributed by atoms with E-state index < -0.39 is 10.0 Å². The van der Waals surface area contributed by atoms with E-state index in [4.69, 9.17) is 0 Å². The second-order valence-corrected chi connectivity index (χ2v) is 6.79. The van der Waals surface area contributed by atoms with Gasteiger partial charge < -0.3 is 0 Å². The van der Waals surface area contributed by atoms with E-state index in [-0.39, 0.29) is 22.8 Å². The van der Waals surface area contributed by atoms with Gasteiger partial charge in [0.05, 0.1) is 10.9 Å². The predicted molar refractivity (Wildman–Crippen MR) is 66.2 cm³/mol. The highest BCUT2D eigenvalue weighted by atomic mass is 32.2. The molecule has 1 amide bonds. The van der Waals surface area contributed by atoms with Crippen molar-refractivity contribution in [2.75, 3.05) is 0 Å². The van der Waals surface area contributed by atoms with Crippen LogP contribution in [0.1, 0.15) is 25.7 Å². The van der Waals surface area contributed by atoms with E-state index in [1.54, 1.807) is 30.3 Å². The second kappa shape index (κ2) is 4.09. The fourth-order valence-corrected chi connectivity index (χ4v) is 4.79. The van der Waals surface area contributed by atoms with Gasteiger partial charge in [0.15, 0.2) is 0 Å². The van der Waals surface area contributed by atoms with Gasteiger partial charge in [-0.05, 0) is 30.9 Å². The average Bonchev–Trinajstić information content (AvgIpc) is 2.89. The van der Waals surface area contributed by atoms with Crippen molar-refractivity contribution in [3.63, 3.8) is 0 Å². The van der Waals surface area contributed by atoms with Crippen LogP contribution >= 0.6 is 0 Å². The number of fused-ring (bicyclic) bond motifs is 1. The number of nitrogens with zero attached hydrogens (tertiary/aromatic N) is 1. The molecule has 0 spiro atoms.